The van der Waals surface area contributed by atoms with Gasteiger partial charge in [-0.15, -0.1) is 0 Å². The second-order valence-corrected chi connectivity index (χ2v) is 4.08. The van der Waals surface area contributed by atoms with Crippen LogP contribution in [0.4, 0.5) is 0 Å². The minimum atomic E-state index is -0.276. The number of hydrogen-bond acceptors (Lipinski definition) is 3. The fraction of sp³-hybridized carbons (Fsp3) is 0.900. The Bertz CT molecular complexity index is 214. The molecule has 0 aromatic heterocycles. The Morgan fingerprint density at radius 3 is 3.07 bits per heavy atom. The maximum absolute atomic E-state index is 11.6. The monoisotopic (exact) mass is 198 g/mol. The summed E-state index contributed by atoms with van der Waals surface area (Å²) < 4.78 is 5.36. The van der Waals surface area contributed by atoms with Crippen molar-refractivity contribution >= 4 is 5.91 Å². The Kier molecular flexibility index (Phi) is 3.03. The lowest BCUT2D eigenvalue weighted by Crippen LogP contribution is -2.48. The highest BCUT2D eigenvalue weighted by molar-refractivity contribution is 5.81. The standard InChI is InChI=1S/C10H18N2O2/c1-2-7-5-8(7)12-10(13)9-6-11-3-4-14-9/h7-9,11H,2-6H2,1H3,(H,12,13). The highest BCUT2D eigenvalue weighted by Crippen LogP contribution is 2.33. The molecule has 0 aromatic rings. The molecule has 2 aliphatic rings. The maximum atomic E-state index is 11.6. The zero-order chi connectivity index (χ0) is 9.97. The number of hydrogen-bond donors (Lipinski definition) is 2. The van der Waals surface area contributed by atoms with E-state index in [9.17, 15) is 4.79 Å². The summed E-state index contributed by atoms with van der Waals surface area (Å²) in [5.41, 5.74) is 0. The van der Waals surface area contributed by atoms with E-state index < -0.39 is 0 Å². The van der Waals surface area contributed by atoms with Gasteiger partial charge in [-0.1, -0.05) is 13.3 Å². The third-order valence-corrected chi connectivity index (χ3v) is 2.99. The predicted molar refractivity (Wildman–Crippen MR) is 52.9 cm³/mol. The van der Waals surface area contributed by atoms with Crippen molar-refractivity contribution in [2.45, 2.75) is 31.9 Å². The molecule has 2 rings (SSSR count). The summed E-state index contributed by atoms with van der Waals surface area (Å²) in [5, 5.41) is 6.17. The normalized spacial score (nSPS) is 36.5. The van der Waals surface area contributed by atoms with Crippen molar-refractivity contribution in [3.8, 4) is 0 Å². The molecule has 2 N–H and O–H groups in total. The van der Waals surface area contributed by atoms with Gasteiger partial charge in [0.1, 0.15) is 6.10 Å². The summed E-state index contributed by atoms with van der Waals surface area (Å²) in [6.07, 6.45) is 2.03. The van der Waals surface area contributed by atoms with E-state index in [2.05, 4.69) is 17.6 Å². The first kappa shape index (κ1) is 9.93. The lowest BCUT2D eigenvalue weighted by molar-refractivity contribution is -0.134. The number of amides is 1. The van der Waals surface area contributed by atoms with Crippen molar-refractivity contribution in [3.63, 3.8) is 0 Å². The molecule has 1 aliphatic heterocycles. The number of rotatable bonds is 3. The molecule has 0 aromatic carbocycles. The highest BCUT2D eigenvalue weighted by atomic mass is 16.5. The fourth-order valence-corrected chi connectivity index (χ4v) is 1.89. The van der Waals surface area contributed by atoms with E-state index in [1.54, 1.807) is 0 Å². The summed E-state index contributed by atoms with van der Waals surface area (Å²) >= 11 is 0. The van der Waals surface area contributed by atoms with Crippen LogP contribution in [0, 0.1) is 5.92 Å². The lowest BCUT2D eigenvalue weighted by atomic mass is 10.2. The van der Waals surface area contributed by atoms with Crippen molar-refractivity contribution in [2.75, 3.05) is 19.7 Å². The summed E-state index contributed by atoms with van der Waals surface area (Å²) in [6, 6.07) is 0.415. The molecule has 14 heavy (non-hydrogen) atoms. The number of ether oxygens (including phenoxy) is 1. The molecule has 3 atom stereocenters. The molecule has 2 fully saturated rings. The van der Waals surface area contributed by atoms with Crippen LogP contribution in [0.2, 0.25) is 0 Å². The van der Waals surface area contributed by atoms with Crippen LogP contribution in [0.5, 0.6) is 0 Å². The van der Waals surface area contributed by atoms with E-state index in [0.717, 1.165) is 19.4 Å². The largest absolute Gasteiger partial charge is 0.366 e. The molecule has 1 saturated carbocycles. The van der Waals surface area contributed by atoms with E-state index in [1.165, 1.54) is 0 Å². The van der Waals surface area contributed by atoms with Crippen molar-refractivity contribution in [2.24, 2.45) is 5.92 Å². The van der Waals surface area contributed by atoms with E-state index >= 15 is 0 Å². The average molecular weight is 198 g/mol. The molecule has 4 heteroatoms. The zero-order valence-electron chi connectivity index (χ0n) is 8.58. The van der Waals surface area contributed by atoms with Crippen molar-refractivity contribution in [3.05, 3.63) is 0 Å². The SMILES string of the molecule is CCC1CC1NC(=O)C1CNCCO1. The van der Waals surface area contributed by atoms with Gasteiger partial charge < -0.3 is 15.4 Å². The third kappa shape index (κ3) is 2.25. The maximum Gasteiger partial charge on any atom is 0.250 e. The minimum absolute atomic E-state index is 0.0538. The molecule has 0 spiro atoms. The Morgan fingerprint density at radius 2 is 2.50 bits per heavy atom. The van der Waals surface area contributed by atoms with Gasteiger partial charge in [-0.3, -0.25) is 4.79 Å². The van der Waals surface area contributed by atoms with Gasteiger partial charge in [0, 0.05) is 19.1 Å². The first-order chi connectivity index (χ1) is 6.81. The zero-order valence-corrected chi connectivity index (χ0v) is 8.58. The smallest absolute Gasteiger partial charge is 0.250 e. The van der Waals surface area contributed by atoms with Crippen LogP contribution in [0.15, 0.2) is 0 Å². The van der Waals surface area contributed by atoms with Crippen LogP contribution in [-0.2, 0) is 9.53 Å². The average Bonchev–Trinajstić information content (AvgIpc) is 2.98. The molecule has 1 amide bonds. The molecular weight excluding hydrogens is 180 g/mol. The topological polar surface area (TPSA) is 50.4 Å². The summed E-state index contributed by atoms with van der Waals surface area (Å²) in [5.74, 6) is 0.758. The van der Waals surface area contributed by atoms with Gasteiger partial charge in [0.15, 0.2) is 0 Å². The molecule has 1 saturated heterocycles. The Morgan fingerprint density at radius 1 is 1.64 bits per heavy atom. The van der Waals surface area contributed by atoms with Gasteiger partial charge in [0.25, 0.3) is 5.91 Å². The first-order valence-electron chi connectivity index (χ1n) is 5.44. The van der Waals surface area contributed by atoms with Gasteiger partial charge in [-0.2, -0.15) is 0 Å². The highest BCUT2D eigenvalue weighted by Gasteiger charge is 2.38. The minimum Gasteiger partial charge on any atom is -0.366 e. The fourth-order valence-electron chi connectivity index (χ4n) is 1.89. The quantitative estimate of drug-likeness (QED) is 0.665. The number of nitrogens with one attached hydrogen (secondary N) is 2. The van der Waals surface area contributed by atoms with E-state index in [-0.39, 0.29) is 12.0 Å². The van der Waals surface area contributed by atoms with E-state index in [1.807, 2.05) is 0 Å². The van der Waals surface area contributed by atoms with Gasteiger partial charge in [0.2, 0.25) is 0 Å². The number of morpholine rings is 1. The molecule has 4 nitrogen and oxygen atoms in total. The lowest BCUT2D eigenvalue weighted by Gasteiger charge is -2.22. The molecule has 3 unspecified atom stereocenters. The van der Waals surface area contributed by atoms with Gasteiger partial charge in [-0.05, 0) is 12.3 Å². The molecule has 0 bridgehead atoms. The number of carbonyl (C=O) groups excluding carboxylic acids is 1. The van der Waals surface area contributed by atoms with Crippen LogP contribution in [-0.4, -0.2) is 37.7 Å². The molecule has 1 aliphatic carbocycles. The van der Waals surface area contributed by atoms with Crippen LogP contribution < -0.4 is 10.6 Å². The van der Waals surface area contributed by atoms with E-state index in [0.29, 0.717) is 25.1 Å². The summed E-state index contributed by atoms with van der Waals surface area (Å²) in [4.78, 5) is 11.6. The second-order valence-electron chi connectivity index (χ2n) is 4.08. The predicted octanol–water partition coefficient (Wildman–Crippen LogP) is -0.111. The Balaban J connectivity index is 1.72. The summed E-state index contributed by atoms with van der Waals surface area (Å²) in [7, 11) is 0. The van der Waals surface area contributed by atoms with Gasteiger partial charge >= 0.3 is 0 Å². The van der Waals surface area contributed by atoms with Gasteiger partial charge in [0.05, 0.1) is 6.61 Å². The molecule has 1 heterocycles. The summed E-state index contributed by atoms with van der Waals surface area (Å²) in [6.45, 7) is 4.30. The van der Waals surface area contributed by atoms with Crippen LogP contribution in [0.25, 0.3) is 0 Å². The molecular formula is C10H18N2O2. The van der Waals surface area contributed by atoms with Crippen molar-refractivity contribution < 1.29 is 9.53 Å². The Hall–Kier alpha value is -0.610. The third-order valence-electron chi connectivity index (χ3n) is 2.99. The van der Waals surface area contributed by atoms with Crippen LogP contribution in [0.3, 0.4) is 0 Å². The van der Waals surface area contributed by atoms with Crippen molar-refractivity contribution in [1.82, 2.24) is 10.6 Å². The second kappa shape index (κ2) is 4.28. The van der Waals surface area contributed by atoms with E-state index in [4.69, 9.17) is 4.74 Å². The van der Waals surface area contributed by atoms with Crippen LogP contribution >= 0.6 is 0 Å². The van der Waals surface area contributed by atoms with Crippen LogP contribution in [0.1, 0.15) is 19.8 Å². The molecule has 80 valence electrons. The number of carbonyl (C=O) groups is 1. The van der Waals surface area contributed by atoms with Crippen molar-refractivity contribution in [1.29, 1.82) is 0 Å². The molecule has 0 radical (unpaired) electrons. The first-order valence-corrected chi connectivity index (χ1v) is 5.44. The Labute approximate surface area is 84.4 Å². The van der Waals surface area contributed by atoms with Gasteiger partial charge in [-0.25, -0.2) is 0 Å².